The lowest BCUT2D eigenvalue weighted by atomic mass is 9.91. The van der Waals surface area contributed by atoms with Crippen molar-refractivity contribution in [3.63, 3.8) is 0 Å². The average Bonchev–Trinajstić information content (AvgIpc) is 3.45. The highest BCUT2D eigenvalue weighted by Crippen LogP contribution is 2.43. The molecule has 6 nitrogen and oxygen atoms in total. The molecule has 0 aromatic heterocycles. The molecular weight excluding hydrogens is 430 g/mol. The molecular formula is C28H27NO5. The molecule has 2 heterocycles. The van der Waals surface area contributed by atoms with Crippen LogP contribution in [0, 0.1) is 6.92 Å². The SMILES string of the molecule is COc1ccc(C)cc1/C(O)=C1\C(=O)C(=O)N(CC2CCCO2)C1c1cccc2ccccc12. The number of aliphatic hydroxyl groups excluding tert-OH is 1. The number of carbonyl (C=O) groups is 2. The second-order valence-electron chi connectivity index (χ2n) is 8.86. The summed E-state index contributed by atoms with van der Waals surface area (Å²) in [5.41, 5.74) is 2.16. The quantitative estimate of drug-likeness (QED) is 0.340. The van der Waals surface area contributed by atoms with E-state index in [4.69, 9.17) is 9.47 Å². The van der Waals surface area contributed by atoms with Crippen molar-refractivity contribution >= 4 is 28.2 Å². The van der Waals surface area contributed by atoms with Gasteiger partial charge in [-0.25, -0.2) is 0 Å². The minimum atomic E-state index is -0.736. The largest absolute Gasteiger partial charge is 0.507 e. The number of benzene rings is 3. The van der Waals surface area contributed by atoms with Crippen LogP contribution < -0.4 is 4.74 Å². The molecule has 0 saturated carbocycles. The van der Waals surface area contributed by atoms with Crippen molar-refractivity contribution in [2.24, 2.45) is 0 Å². The summed E-state index contributed by atoms with van der Waals surface area (Å²) >= 11 is 0. The molecule has 1 amide bonds. The lowest BCUT2D eigenvalue weighted by molar-refractivity contribution is -0.140. The van der Waals surface area contributed by atoms with Crippen molar-refractivity contribution in [3.8, 4) is 5.75 Å². The second kappa shape index (κ2) is 8.95. The summed E-state index contributed by atoms with van der Waals surface area (Å²) in [6, 6.07) is 18.3. The van der Waals surface area contributed by atoms with Crippen LogP contribution in [0.4, 0.5) is 0 Å². The van der Waals surface area contributed by atoms with Crippen molar-refractivity contribution < 1.29 is 24.2 Å². The highest BCUT2D eigenvalue weighted by atomic mass is 16.5. The van der Waals surface area contributed by atoms with Crippen LogP contribution in [0.2, 0.25) is 0 Å². The van der Waals surface area contributed by atoms with Crippen molar-refractivity contribution in [1.82, 2.24) is 4.90 Å². The minimum absolute atomic E-state index is 0.0725. The molecule has 2 saturated heterocycles. The number of hydrogen-bond donors (Lipinski definition) is 1. The molecule has 6 heteroatoms. The Kier molecular flexibility index (Phi) is 5.84. The van der Waals surface area contributed by atoms with Gasteiger partial charge in [0, 0.05) is 13.2 Å². The second-order valence-corrected chi connectivity index (χ2v) is 8.86. The normalized spacial score (nSPS) is 22.0. The van der Waals surface area contributed by atoms with E-state index >= 15 is 0 Å². The van der Waals surface area contributed by atoms with Crippen molar-refractivity contribution in [2.75, 3.05) is 20.3 Å². The Bertz CT molecular complexity index is 1300. The van der Waals surface area contributed by atoms with E-state index in [0.717, 1.165) is 34.7 Å². The molecule has 5 rings (SSSR count). The molecule has 34 heavy (non-hydrogen) atoms. The molecule has 2 atom stereocenters. The number of ketones is 1. The molecule has 0 bridgehead atoms. The maximum absolute atomic E-state index is 13.4. The van der Waals surface area contributed by atoms with Crippen LogP contribution >= 0.6 is 0 Å². The summed E-state index contributed by atoms with van der Waals surface area (Å²) in [7, 11) is 1.51. The highest BCUT2D eigenvalue weighted by Gasteiger charge is 2.47. The fourth-order valence-corrected chi connectivity index (χ4v) is 5.04. The number of likely N-dealkylation sites (tertiary alicyclic amines) is 1. The van der Waals surface area contributed by atoms with E-state index in [1.807, 2.05) is 55.5 Å². The molecule has 0 radical (unpaired) electrons. The number of aliphatic hydroxyl groups is 1. The lowest BCUT2D eigenvalue weighted by Crippen LogP contribution is -2.36. The molecule has 3 aromatic rings. The zero-order valence-electron chi connectivity index (χ0n) is 19.3. The first-order chi connectivity index (χ1) is 16.5. The van der Waals surface area contributed by atoms with Crippen LogP contribution in [0.25, 0.3) is 16.5 Å². The van der Waals surface area contributed by atoms with Crippen LogP contribution in [0.1, 0.15) is 35.6 Å². The first-order valence-electron chi connectivity index (χ1n) is 11.5. The maximum Gasteiger partial charge on any atom is 0.295 e. The Labute approximate surface area is 198 Å². The Hall–Kier alpha value is -3.64. The van der Waals surface area contributed by atoms with Crippen LogP contribution in [0.15, 0.2) is 66.2 Å². The number of rotatable bonds is 5. The van der Waals surface area contributed by atoms with Crippen LogP contribution in [0.3, 0.4) is 0 Å². The third-order valence-corrected chi connectivity index (χ3v) is 6.69. The van der Waals surface area contributed by atoms with Gasteiger partial charge in [-0.05, 0) is 48.2 Å². The number of fused-ring (bicyclic) bond motifs is 1. The molecule has 2 aliphatic rings. The third kappa shape index (κ3) is 3.74. The first kappa shape index (κ1) is 22.2. The van der Waals surface area contributed by atoms with Gasteiger partial charge >= 0.3 is 0 Å². The third-order valence-electron chi connectivity index (χ3n) is 6.69. The van der Waals surface area contributed by atoms with Crippen LogP contribution in [-0.4, -0.2) is 48.1 Å². The Morgan fingerprint density at radius 1 is 1.12 bits per heavy atom. The molecule has 0 spiro atoms. The minimum Gasteiger partial charge on any atom is -0.507 e. The summed E-state index contributed by atoms with van der Waals surface area (Å²) in [5, 5.41) is 13.4. The average molecular weight is 458 g/mol. The topological polar surface area (TPSA) is 76.1 Å². The van der Waals surface area contributed by atoms with Crippen molar-refractivity contribution in [1.29, 1.82) is 0 Å². The summed E-state index contributed by atoms with van der Waals surface area (Å²) in [6.45, 7) is 2.84. The fraction of sp³-hybridized carbons (Fsp3) is 0.286. The molecule has 174 valence electrons. The summed E-state index contributed by atoms with van der Waals surface area (Å²) in [5.74, 6) is -1.12. The van der Waals surface area contributed by atoms with Gasteiger partial charge in [-0.2, -0.15) is 0 Å². The number of Topliss-reactive ketones (excluding diaryl/α,β-unsaturated/α-hetero) is 1. The highest BCUT2D eigenvalue weighted by molar-refractivity contribution is 6.46. The standard InChI is InChI=1S/C28H27NO5/c1-17-12-13-23(33-2)22(15-17)26(30)24-25(21-11-5-8-18-7-3-4-10-20(18)21)29(28(32)27(24)31)16-19-9-6-14-34-19/h3-5,7-8,10-13,15,19,25,30H,6,9,14,16H2,1-2H3/b26-24+. The molecule has 2 unspecified atom stereocenters. The number of carbonyl (C=O) groups excluding carboxylic acids is 2. The van der Waals surface area contributed by atoms with E-state index in [1.54, 1.807) is 17.0 Å². The maximum atomic E-state index is 13.4. The Morgan fingerprint density at radius 3 is 2.68 bits per heavy atom. The predicted octanol–water partition coefficient (Wildman–Crippen LogP) is 4.76. The Balaban J connectivity index is 1.74. The van der Waals surface area contributed by atoms with Crippen LogP contribution in [0.5, 0.6) is 5.75 Å². The molecule has 0 aliphatic carbocycles. The monoisotopic (exact) mass is 457 g/mol. The molecule has 2 fully saturated rings. The van der Waals surface area contributed by atoms with Gasteiger partial charge in [0.2, 0.25) is 0 Å². The van der Waals surface area contributed by atoms with Gasteiger partial charge in [-0.3, -0.25) is 9.59 Å². The van der Waals surface area contributed by atoms with Gasteiger partial charge in [0.1, 0.15) is 11.5 Å². The van der Waals surface area contributed by atoms with Gasteiger partial charge in [0.05, 0.1) is 30.4 Å². The van der Waals surface area contributed by atoms with Gasteiger partial charge in [0.25, 0.3) is 11.7 Å². The number of hydrogen-bond acceptors (Lipinski definition) is 5. The Morgan fingerprint density at radius 2 is 1.91 bits per heavy atom. The molecule has 1 N–H and O–H groups in total. The predicted molar refractivity (Wildman–Crippen MR) is 130 cm³/mol. The molecule has 2 aliphatic heterocycles. The van der Waals surface area contributed by atoms with E-state index in [9.17, 15) is 14.7 Å². The van der Waals surface area contributed by atoms with Gasteiger partial charge in [0.15, 0.2) is 0 Å². The van der Waals surface area contributed by atoms with E-state index < -0.39 is 17.7 Å². The summed E-state index contributed by atoms with van der Waals surface area (Å²) in [4.78, 5) is 28.3. The lowest BCUT2D eigenvalue weighted by Gasteiger charge is -2.28. The van der Waals surface area contributed by atoms with E-state index in [-0.39, 0.29) is 17.4 Å². The zero-order valence-corrected chi connectivity index (χ0v) is 19.3. The van der Waals surface area contributed by atoms with E-state index in [2.05, 4.69) is 0 Å². The van der Waals surface area contributed by atoms with Crippen molar-refractivity contribution in [2.45, 2.75) is 31.9 Å². The van der Waals surface area contributed by atoms with Crippen LogP contribution in [-0.2, 0) is 14.3 Å². The fourth-order valence-electron chi connectivity index (χ4n) is 5.04. The number of amides is 1. The zero-order chi connectivity index (χ0) is 23.8. The number of aryl methyl sites for hydroxylation is 1. The number of nitrogens with zero attached hydrogens (tertiary/aromatic N) is 1. The summed E-state index contributed by atoms with van der Waals surface area (Å²) in [6.07, 6.45) is 1.62. The number of methoxy groups -OCH3 is 1. The summed E-state index contributed by atoms with van der Waals surface area (Å²) < 4.78 is 11.3. The molecule has 3 aromatic carbocycles. The van der Waals surface area contributed by atoms with Crippen molar-refractivity contribution in [3.05, 3.63) is 82.9 Å². The van der Waals surface area contributed by atoms with Gasteiger partial charge in [-0.15, -0.1) is 0 Å². The van der Waals surface area contributed by atoms with E-state index in [1.165, 1.54) is 7.11 Å². The smallest absolute Gasteiger partial charge is 0.295 e. The van der Waals surface area contributed by atoms with E-state index in [0.29, 0.717) is 24.5 Å². The number of ether oxygens (including phenoxy) is 2. The first-order valence-corrected chi connectivity index (χ1v) is 11.5. The van der Waals surface area contributed by atoms with Gasteiger partial charge in [-0.1, -0.05) is 54.1 Å². The van der Waals surface area contributed by atoms with Gasteiger partial charge < -0.3 is 19.5 Å².